The van der Waals surface area contributed by atoms with E-state index in [1.165, 1.54) is 11.1 Å². The summed E-state index contributed by atoms with van der Waals surface area (Å²) < 4.78 is 14.4. The van der Waals surface area contributed by atoms with Crippen molar-refractivity contribution in [1.29, 1.82) is 0 Å². The maximum absolute atomic E-state index is 14.4. The number of halogens is 1. The summed E-state index contributed by atoms with van der Waals surface area (Å²) in [5.74, 6) is 0.209. The van der Waals surface area contributed by atoms with Crippen LogP contribution in [0.25, 0.3) is 16.7 Å². The molecule has 4 heterocycles. The van der Waals surface area contributed by atoms with Crippen LogP contribution >= 0.6 is 0 Å². The molecule has 3 aliphatic rings. The maximum atomic E-state index is 14.4. The lowest BCUT2D eigenvalue weighted by molar-refractivity contribution is -0.113. The number of nitrogens with zero attached hydrogens (tertiary/aromatic N) is 4. The minimum absolute atomic E-state index is 0.159. The van der Waals surface area contributed by atoms with Crippen molar-refractivity contribution < 1.29 is 9.18 Å². The Morgan fingerprint density at radius 1 is 1.11 bits per heavy atom. The van der Waals surface area contributed by atoms with Crippen LogP contribution in [0.1, 0.15) is 82.2 Å². The first-order valence-corrected chi connectivity index (χ1v) is 16.4. The fourth-order valence-corrected chi connectivity index (χ4v) is 6.68. The molecular weight excluding hydrogens is 549 g/mol. The smallest absolute Gasteiger partial charge is 0.187 e. The molecule has 7 heteroatoms. The van der Waals surface area contributed by atoms with Crippen molar-refractivity contribution in [1.82, 2.24) is 20.2 Å². The predicted molar refractivity (Wildman–Crippen MR) is 176 cm³/mol. The standard InChI is InChI=1S/C37H46FN5O/c1-5-26(3)40-20-31-12-13-32(21-41-31)43-23-34(43)36(44)35-25(2)8-6-7-9-28-10-11-29(17-33(28)35)30-16-27(18-39-19-30)22-42-15-14-37(4,38)24-42/h10-13,16-19,21,26,34,40H,5-9,14-15,20,22-24H2,1-4H3/t26-,34?,37?,43?/m1/s1. The average Bonchev–Trinajstić information content (AvgIpc) is 3.74. The quantitative estimate of drug-likeness (QED) is 0.257. The number of alkyl halides is 1. The number of likely N-dealkylation sites (tertiary alicyclic amines) is 1. The molecule has 0 bridgehead atoms. The number of allylic oxidation sites excluding steroid dienone is 1. The molecule has 0 radical (unpaired) electrons. The number of hydrogen-bond donors (Lipinski definition) is 1. The van der Waals surface area contributed by atoms with Crippen LogP contribution in [-0.2, 0) is 24.3 Å². The zero-order chi connectivity index (χ0) is 30.8. The molecule has 6 nitrogen and oxygen atoms in total. The van der Waals surface area contributed by atoms with Gasteiger partial charge in [-0.05, 0) is 106 Å². The second-order valence-corrected chi connectivity index (χ2v) is 13.4. The molecule has 1 N–H and O–H groups in total. The van der Waals surface area contributed by atoms with Crippen molar-refractivity contribution in [3.05, 3.63) is 82.9 Å². The third kappa shape index (κ3) is 6.94. The lowest BCUT2D eigenvalue weighted by atomic mass is 9.84. The van der Waals surface area contributed by atoms with E-state index < -0.39 is 5.67 Å². The fourth-order valence-electron chi connectivity index (χ4n) is 6.68. The van der Waals surface area contributed by atoms with E-state index in [0.29, 0.717) is 25.6 Å². The molecule has 2 aliphatic heterocycles. The zero-order valence-corrected chi connectivity index (χ0v) is 26.7. The van der Waals surface area contributed by atoms with Crippen LogP contribution in [0.2, 0.25) is 0 Å². The normalized spacial score (nSPS) is 22.8. The van der Waals surface area contributed by atoms with E-state index in [-0.39, 0.29) is 11.8 Å². The summed E-state index contributed by atoms with van der Waals surface area (Å²) in [5, 5.41) is 3.49. The molecule has 44 heavy (non-hydrogen) atoms. The summed E-state index contributed by atoms with van der Waals surface area (Å²) in [4.78, 5) is 27.8. The zero-order valence-electron chi connectivity index (χ0n) is 26.7. The number of aryl methyl sites for hydroxylation is 1. The first-order chi connectivity index (χ1) is 21.2. The molecular formula is C37H46FN5O. The monoisotopic (exact) mass is 595 g/mol. The molecule has 0 spiro atoms. The van der Waals surface area contributed by atoms with Crippen LogP contribution in [0.5, 0.6) is 0 Å². The average molecular weight is 596 g/mol. The van der Waals surface area contributed by atoms with Crippen molar-refractivity contribution in [3.8, 4) is 11.1 Å². The van der Waals surface area contributed by atoms with Gasteiger partial charge in [0.1, 0.15) is 11.7 Å². The number of ketones is 1. The van der Waals surface area contributed by atoms with Gasteiger partial charge in [-0.3, -0.25) is 19.7 Å². The Kier molecular flexibility index (Phi) is 8.97. The number of nitrogens with one attached hydrogen (secondary N) is 1. The molecule has 3 aromatic rings. The van der Waals surface area contributed by atoms with Crippen LogP contribution in [0, 0.1) is 0 Å². The largest absolute Gasteiger partial charge is 0.356 e. The van der Waals surface area contributed by atoms with Gasteiger partial charge < -0.3 is 10.2 Å². The second-order valence-electron chi connectivity index (χ2n) is 13.4. The third-order valence-corrected chi connectivity index (χ3v) is 9.64. The van der Waals surface area contributed by atoms with Gasteiger partial charge in [-0.2, -0.15) is 0 Å². The van der Waals surface area contributed by atoms with Gasteiger partial charge in [-0.25, -0.2) is 4.39 Å². The molecule has 0 saturated carbocycles. The molecule has 0 amide bonds. The maximum Gasteiger partial charge on any atom is 0.187 e. The number of carbonyl (C=O) groups excluding carboxylic acids is 1. The summed E-state index contributed by atoms with van der Waals surface area (Å²) in [6.45, 7) is 11.6. The number of Topliss-reactive ketones (excluding diaryl/α,β-unsaturated/α-hetero) is 1. The topological polar surface area (TPSA) is 61.1 Å². The van der Waals surface area contributed by atoms with E-state index in [4.69, 9.17) is 0 Å². The number of aromatic nitrogens is 2. The summed E-state index contributed by atoms with van der Waals surface area (Å²) in [6, 6.07) is 13.2. The predicted octanol–water partition coefficient (Wildman–Crippen LogP) is 6.92. The lowest BCUT2D eigenvalue weighted by Crippen LogP contribution is -2.25. The van der Waals surface area contributed by atoms with Gasteiger partial charge in [0, 0.05) is 62.3 Å². The van der Waals surface area contributed by atoms with Crippen LogP contribution in [0.3, 0.4) is 0 Å². The van der Waals surface area contributed by atoms with E-state index in [0.717, 1.165) is 90.9 Å². The SMILES string of the molecule is CC[C@@H](C)NCc1ccc(N2CC2C(=O)C2=C(C)CCCCc3ccc(-c4cncc(CN5CCC(C)(F)C5)c4)cc32)cn1. The number of carbonyl (C=O) groups is 1. The molecule has 2 fully saturated rings. The molecule has 3 atom stereocenters. The van der Waals surface area contributed by atoms with Gasteiger partial charge in [-0.1, -0.05) is 24.6 Å². The Morgan fingerprint density at radius 2 is 1.95 bits per heavy atom. The van der Waals surface area contributed by atoms with Gasteiger partial charge in [0.2, 0.25) is 0 Å². The Labute approximate surface area is 261 Å². The van der Waals surface area contributed by atoms with Gasteiger partial charge in [0.05, 0.1) is 17.6 Å². The first kappa shape index (κ1) is 30.6. The number of rotatable bonds is 10. The number of anilines is 1. The molecule has 2 unspecified atom stereocenters. The van der Waals surface area contributed by atoms with Crippen LogP contribution in [0.15, 0.2) is 60.6 Å². The van der Waals surface area contributed by atoms with Gasteiger partial charge in [0.15, 0.2) is 5.78 Å². The van der Waals surface area contributed by atoms with E-state index in [2.05, 4.69) is 82.3 Å². The minimum atomic E-state index is -1.12. The van der Waals surface area contributed by atoms with E-state index in [1.54, 1.807) is 6.92 Å². The van der Waals surface area contributed by atoms with E-state index in [9.17, 15) is 9.18 Å². The minimum Gasteiger partial charge on any atom is -0.356 e. The van der Waals surface area contributed by atoms with Gasteiger partial charge >= 0.3 is 0 Å². The number of pyridine rings is 2. The molecule has 232 valence electrons. The highest BCUT2D eigenvalue weighted by molar-refractivity contribution is 6.27. The van der Waals surface area contributed by atoms with Crippen molar-refractivity contribution in [2.75, 3.05) is 24.5 Å². The highest BCUT2D eigenvalue weighted by Crippen LogP contribution is 2.38. The number of benzene rings is 1. The van der Waals surface area contributed by atoms with Crippen molar-refractivity contribution in [2.24, 2.45) is 0 Å². The Bertz CT molecular complexity index is 1530. The van der Waals surface area contributed by atoms with Crippen molar-refractivity contribution >= 4 is 17.0 Å². The summed E-state index contributed by atoms with van der Waals surface area (Å²) in [6.07, 6.45) is 11.5. The van der Waals surface area contributed by atoms with Crippen LogP contribution in [-0.4, -0.2) is 58.0 Å². The second kappa shape index (κ2) is 12.9. The molecule has 2 saturated heterocycles. The van der Waals surface area contributed by atoms with Crippen LogP contribution < -0.4 is 10.2 Å². The van der Waals surface area contributed by atoms with Crippen LogP contribution in [0.4, 0.5) is 10.1 Å². The van der Waals surface area contributed by atoms with E-state index >= 15 is 0 Å². The summed E-state index contributed by atoms with van der Waals surface area (Å²) in [5.41, 5.74) is 8.45. The molecule has 1 aromatic carbocycles. The Balaban J connectivity index is 1.22. The Hall–Kier alpha value is -3.42. The summed E-state index contributed by atoms with van der Waals surface area (Å²) >= 11 is 0. The van der Waals surface area contributed by atoms with Gasteiger partial charge in [0.25, 0.3) is 0 Å². The summed E-state index contributed by atoms with van der Waals surface area (Å²) in [7, 11) is 0. The molecule has 6 rings (SSSR count). The highest BCUT2D eigenvalue weighted by atomic mass is 19.1. The van der Waals surface area contributed by atoms with Crippen molar-refractivity contribution in [3.63, 3.8) is 0 Å². The molecule has 2 aromatic heterocycles. The molecule has 1 aliphatic carbocycles. The fraction of sp³-hybridized carbons (Fsp3) is 0.486. The third-order valence-electron chi connectivity index (χ3n) is 9.64. The first-order valence-electron chi connectivity index (χ1n) is 16.4. The number of fused-ring (bicyclic) bond motifs is 1. The van der Waals surface area contributed by atoms with Gasteiger partial charge in [-0.15, -0.1) is 0 Å². The van der Waals surface area contributed by atoms with E-state index in [1.807, 2.05) is 18.6 Å². The highest BCUT2D eigenvalue weighted by Gasteiger charge is 2.43. The lowest BCUT2D eigenvalue weighted by Gasteiger charge is -2.21. The van der Waals surface area contributed by atoms with Crippen molar-refractivity contribution in [2.45, 2.75) is 97.1 Å². The Morgan fingerprint density at radius 3 is 2.70 bits per heavy atom. The number of hydrogen-bond acceptors (Lipinski definition) is 6.